The van der Waals surface area contributed by atoms with E-state index in [4.69, 9.17) is 0 Å². The van der Waals surface area contributed by atoms with Crippen molar-refractivity contribution in [2.75, 3.05) is 0 Å². The van der Waals surface area contributed by atoms with Crippen molar-refractivity contribution in [3.63, 3.8) is 0 Å². The average molecular weight is 243 g/mol. The van der Waals surface area contributed by atoms with Crippen LogP contribution in [0.1, 0.15) is 0 Å². The van der Waals surface area contributed by atoms with E-state index >= 15 is 0 Å². The molecule has 0 spiro atoms. The van der Waals surface area contributed by atoms with Crippen molar-refractivity contribution in [1.29, 1.82) is 0 Å². The molecule has 0 aromatic heterocycles. The quantitative estimate of drug-likeness (QED) is 0.584. The zero-order valence-electron chi connectivity index (χ0n) is 4.27. The van der Waals surface area contributed by atoms with Gasteiger partial charge in [0.2, 0.25) is 0 Å². The van der Waals surface area contributed by atoms with E-state index in [1.165, 1.54) is 0 Å². The molecule has 0 saturated carbocycles. The summed E-state index contributed by atoms with van der Waals surface area (Å²) in [6.45, 7) is 0. The molecule has 0 saturated heterocycles. The number of rotatable bonds is 2. The molecule has 9 heteroatoms. The normalized spacial score (nSPS) is 6.22. The van der Waals surface area contributed by atoms with E-state index in [0.29, 0.717) is 0 Å². The maximum atomic E-state index is 9.46. The minimum absolute atomic E-state index is 2.73. The zero-order valence-corrected chi connectivity index (χ0v) is 10.2. The predicted octanol–water partition coefficient (Wildman–Crippen LogP) is -0.786. The third-order valence-corrected chi connectivity index (χ3v) is 13.5. The molecule has 0 aromatic rings. The molecular formula is O7Zn2. The Hall–Kier alpha value is 0.00675. The molecule has 0 N–H and O–H groups in total. The van der Waals surface area contributed by atoms with Crippen LogP contribution in [-0.2, 0) is 53.8 Å². The second kappa shape index (κ2) is 2.32. The first kappa shape index (κ1) is 9.01. The molecule has 0 rings (SSSR count). The molecule has 0 aliphatic carbocycles. The van der Waals surface area contributed by atoms with Gasteiger partial charge in [0.05, 0.1) is 0 Å². The summed E-state index contributed by atoms with van der Waals surface area (Å²) in [7, 11) is 0. The molecule has 0 amide bonds. The van der Waals surface area contributed by atoms with Crippen LogP contribution in [0.3, 0.4) is 0 Å². The Balaban J connectivity index is 4.91. The van der Waals surface area contributed by atoms with Gasteiger partial charge < -0.3 is 0 Å². The number of hydrogen-bond donors (Lipinski definition) is 0. The zero-order chi connectivity index (χ0) is 7.71. The van der Waals surface area contributed by atoms with Gasteiger partial charge in [-0.2, -0.15) is 0 Å². The van der Waals surface area contributed by atoms with E-state index in [1.807, 2.05) is 0 Å². The third kappa shape index (κ3) is 8.01. The van der Waals surface area contributed by atoms with Gasteiger partial charge >= 0.3 is 53.8 Å². The molecule has 0 aliphatic heterocycles. The second-order valence-electron chi connectivity index (χ2n) is 1.62. The molecule has 0 radical (unpaired) electrons. The van der Waals surface area contributed by atoms with Crippen LogP contribution in [0.4, 0.5) is 0 Å². The molecule has 0 heterocycles. The maximum absolute atomic E-state index is 9.46. The molecular weight excluding hydrogens is 243 g/mol. The first-order valence-corrected chi connectivity index (χ1v) is 12.0. The van der Waals surface area contributed by atoms with Crippen LogP contribution in [-0.4, -0.2) is 0 Å². The van der Waals surface area contributed by atoms with Gasteiger partial charge in [-0.3, -0.25) is 0 Å². The van der Waals surface area contributed by atoms with Crippen molar-refractivity contribution in [3.8, 4) is 0 Å². The summed E-state index contributed by atoms with van der Waals surface area (Å²) in [5.74, 6) is 0. The summed E-state index contributed by atoms with van der Waals surface area (Å²) in [6, 6.07) is 0. The summed E-state index contributed by atoms with van der Waals surface area (Å²) in [5, 5.41) is 0. The van der Waals surface area contributed by atoms with Crippen LogP contribution in [0.15, 0.2) is 0 Å². The Morgan fingerprint density at radius 2 is 0.889 bits per heavy atom. The Morgan fingerprint density at radius 3 is 0.889 bits per heavy atom. The third-order valence-electron chi connectivity index (χ3n) is 0.500. The fourth-order valence-corrected chi connectivity index (χ4v) is 8.27. The minimum atomic E-state index is -6.62. The van der Waals surface area contributed by atoms with Gasteiger partial charge in [-0.05, 0) is 0 Å². The van der Waals surface area contributed by atoms with E-state index in [9.17, 15) is 21.4 Å². The first-order valence-electron chi connectivity index (χ1n) is 2.31. The van der Waals surface area contributed by atoms with Gasteiger partial charge in [0, 0.05) is 0 Å². The molecule has 0 aromatic carbocycles. The van der Waals surface area contributed by atoms with Crippen molar-refractivity contribution in [2.24, 2.45) is 0 Å². The topological polar surface area (TPSA) is 112 Å². The molecule has 46 valence electrons. The van der Waals surface area contributed by atoms with Crippen LogP contribution in [0.2, 0.25) is 0 Å². The van der Waals surface area contributed by atoms with E-state index in [0.717, 1.165) is 0 Å². The summed E-state index contributed by atoms with van der Waals surface area (Å²) >= 11 is -13.2. The van der Waals surface area contributed by atoms with Gasteiger partial charge in [-0.1, -0.05) is 0 Å². The summed E-state index contributed by atoms with van der Waals surface area (Å²) in [5.41, 5.74) is 0. The van der Waals surface area contributed by atoms with Crippen LogP contribution in [0, 0.1) is 0 Å². The van der Waals surface area contributed by atoms with Crippen molar-refractivity contribution in [3.05, 3.63) is 0 Å². The van der Waals surface area contributed by atoms with Gasteiger partial charge in [-0.15, -0.1) is 0 Å². The molecule has 7 nitrogen and oxygen atoms in total. The summed E-state index contributed by atoms with van der Waals surface area (Å²) < 4.78 is 59.5. The number of hydrogen-bond acceptors (Lipinski definition) is 7. The molecule has 9 heavy (non-hydrogen) atoms. The fourth-order valence-electron chi connectivity index (χ4n) is 0.306. The van der Waals surface area contributed by atoms with Crippen molar-refractivity contribution in [2.45, 2.75) is 0 Å². The van der Waals surface area contributed by atoms with Crippen LogP contribution < -0.4 is 0 Å². The predicted molar refractivity (Wildman–Crippen MR) is 5.20 cm³/mol. The Morgan fingerprint density at radius 1 is 0.667 bits per heavy atom. The van der Waals surface area contributed by atoms with Gasteiger partial charge in [0.25, 0.3) is 0 Å². The molecule has 0 aliphatic rings. The van der Waals surface area contributed by atoms with Crippen LogP contribution >= 0.6 is 0 Å². The monoisotopic (exact) mass is 240 g/mol. The fraction of sp³-hybridized carbons (Fsp3) is 0. The van der Waals surface area contributed by atoms with Crippen LogP contribution in [0.5, 0.6) is 0 Å². The SMILES string of the molecule is [O]=[Zn](=[O])(=[O])[O][Zn](=[O])(=[O])=[O]. The van der Waals surface area contributed by atoms with E-state index in [-0.39, 0.29) is 0 Å². The molecule has 0 atom stereocenters. The molecule has 0 bridgehead atoms. The van der Waals surface area contributed by atoms with Crippen LogP contribution in [0.25, 0.3) is 0 Å². The van der Waals surface area contributed by atoms with Gasteiger partial charge in [0.1, 0.15) is 0 Å². The Bertz CT molecular complexity index is 305. The summed E-state index contributed by atoms with van der Waals surface area (Å²) in [6.07, 6.45) is 0. The van der Waals surface area contributed by atoms with Gasteiger partial charge in [-0.25, -0.2) is 0 Å². The van der Waals surface area contributed by atoms with E-state index in [2.05, 4.69) is 2.39 Å². The Labute approximate surface area is 54.0 Å². The van der Waals surface area contributed by atoms with E-state index < -0.39 is 30.0 Å². The molecule has 0 unspecified atom stereocenters. The standard InChI is InChI=1S/7O.2Zn. The summed E-state index contributed by atoms with van der Waals surface area (Å²) in [4.78, 5) is 0. The second-order valence-corrected chi connectivity index (χ2v) is 12.9. The average Bonchev–Trinajstić information content (AvgIpc) is 1.14. The Kier molecular flexibility index (Phi) is 2.33. The van der Waals surface area contributed by atoms with Crippen molar-refractivity contribution >= 4 is 0 Å². The van der Waals surface area contributed by atoms with Crippen molar-refractivity contribution in [1.82, 2.24) is 0 Å². The molecule has 0 fully saturated rings. The van der Waals surface area contributed by atoms with Gasteiger partial charge in [0.15, 0.2) is 0 Å². The van der Waals surface area contributed by atoms with Crippen molar-refractivity contribution < 1.29 is 53.8 Å². The van der Waals surface area contributed by atoms with E-state index in [1.54, 1.807) is 0 Å². The first-order chi connectivity index (χ1) is 3.71.